The number of rotatable bonds is 2. The van der Waals surface area contributed by atoms with E-state index in [9.17, 15) is 0 Å². The molecule has 1 heteroatoms. The van der Waals surface area contributed by atoms with Gasteiger partial charge in [-0.05, 0) is 10.8 Å². The van der Waals surface area contributed by atoms with Crippen LogP contribution in [0.4, 0.5) is 0 Å². The van der Waals surface area contributed by atoms with Crippen molar-refractivity contribution in [2.75, 3.05) is 0 Å². The van der Waals surface area contributed by atoms with Gasteiger partial charge in [-0.15, -0.1) is 39.7 Å². The molecule has 230 valence electrons. The van der Waals surface area contributed by atoms with E-state index in [2.05, 4.69) is 198 Å². The molecule has 0 spiro atoms. The van der Waals surface area contributed by atoms with E-state index in [1.165, 1.54) is 53.2 Å². The third-order valence-electron chi connectivity index (χ3n) is 8.36. The second kappa shape index (κ2) is 14.1. The van der Waals surface area contributed by atoms with Gasteiger partial charge in [-0.1, -0.05) is 116 Å². The molecule has 0 heterocycles. The summed E-state index contributed by atoms with van der Waals surface area (Å²) in [5.74, 6) is 0.522. The summed E-state index contributed by atoms with van der Waals surface area (Å²) in [5.41, 5.74) is 7.51. The molecule has 0 radical (unpaired) electrons. The Bertz CT molecular complexity index is 1680. The van der Waals surface area contributed by atoms with Crippen molar-refractivity contribution in [1.29, 1.82) is 0 Å². The molecule has 6 rings (SSSR count). The van der Waals surface area contributed by atoms with E-state index in [4.69, 9.17) is 0 Å². The molecule has 0 nitrogen and oxygen atoms in total. The summed E-state index contributed by atoms with van der Waals surface area (Å²) in [6.45, 7) is 22.5. The van der Waals surface area contributed by atoms with Crippen LogP contribution in [0.25, 0.3) is 21.5 Å². The number of fused-ring (bicyclic) bond motifs is 3. The molecule has 5 aromatic carbocycles. The molecule has 1 atom stereocenters. The van der Waals surface area contributed by atoms with Gasteiger partial charge < -0.3 is 0 Å². The molecule has 0 saturated carbocycles. The van der Waals surface area contributed by atoms with Gasteiger partial charge in [0, 0.05) is 0 Å². The van der Waals surface area contributed by atoms with Crippen molar-refractivity contribution in [2.24, 2.45) is 11.3 Å². The third kappa shape index (κ3) is 9.19. The fraction of sp³-hybridized carbons (Fsp3) is 0.318. The van der Waals surface area contributed by atoms with Crippen LogP contribution < -0.4 is 0 Å². The average Bonchev–Trinajstić information content (AvgIpc) is 3.60. The van der Waals surface area contributed by atoms with Gasteiger partial charge in [-0.25, -0.2) is 6.08 Å². The zero-order valence-electron chi connectivity index (χ0n) is 29.0. The molecule has 0 bridgehead atoms. The molecule has 5 aromatic rings. The summed E-state index contributed by atoms with van der Waals surface area (Å²) in [6, 6.07) is 37.1. The Hall–Kier alpha value is -3.19. The summed E-state index contributed by atoms with van der Waals surface area (Å²) in [4.78, 5) is 0. The van der Waals surface area contributed by atoms with Gasteiger partial charge in [0.1, 0.15) is 0 Å². The number of allylic oxidation sites excluding steroid dienone is 4. The zero-order valence-corrected chi connectivity index (χ0v) is 30.6. The van der Waals surface area contributed by atoms with E-state index in [0.717, 1.165) is 0 Å². The molecule has 45 heavy (non-hydrogen) atoms. The molecule has 0 saturated heterocycles. The summed E-state index contributed by atoms with van der Waals surface area (Å²) >= 11 is 2.16. The molecular weight excluding hydrogens is 576 g/mol. The SMILES string of the molecule is CC(C)(C)c1ccc2c(c1)[cH-]c1cc(C(C)(C)C)ccc12.CC1[C-]=CC(C(C)(C)C)=C1.[Ti+2]=[C](c1ccccc1)c1ccccc1. The Kier molecular flexibility index (Phi) is 10.8. The second-order valence-corrected chi connectivity index (χ2v) is 16.1. The first-order valence-corrected chi connectivity index (χ1v) is 17.0. The molecule has 0 fully saturated rings. The maximum absolute atomic E-state index is 3.26. The van der Waals surface area contributed by atoms with E-state index in [-0.39, 0.29) is 10.8 Å². The fourth-order valence-corrected chi connectivity index (χ4v) is 5.91. The van der Waals surface area contributed by atoms with Crippen molar-refractivity contribution >= 4 is 25.4 Å². The Morgan fingerprint density at radius 3 is 1.33 bits per heavy atom. The first-order chi connectivity index (χ1) is 21.0. The maximum atomic E-state index is 3.26. The van der Waals surface area contributed by atoms with Crippen LogP contribution in [0.1, 0.15) is 91.5 Å². The van der Waals surface area contributed by atoms with Crippen LogP contribution in [0, 0.1) is 17.4 Å². The summed E-state index contributed by atoms with van der Waals surface area (Å²) in [7, 11) is 0. The standard InChI is InChI=1S/C21H25.C13H10.C10H15.Ti/c1-20(2,3)16-7-9-18-14(12-16)11-15-13-17(21(4,5)6)8-10-19(15)18;1-3-7-12(8-4-1)11-13-9-5-2-6-10-13;1-8-5-6-9(7-8)10(2,3)4;/h7-13H,1-6H3;1-10H;6-8H,1-4H3;/q-1;;-1;+2. The van der Waals surface area contributed by atoms with Gasteiger partial charge in [0.15, 0.2) is 0 Å². The Balaban J connectivity index is 0.000000166. The fourth-order valence-electron chi connectivity index (χ4n) is 5.39. The van der Waals surface area contributed by atoms with Crippen LogP contribution in [-0.2, 0) is 30.8 Å². The van der Waals surface area contributed by atoms with Crippen LogP contribution in [0.3, 0.4) is 0 Å². The van der Waals surface area contributed by atoms with Gasteiger partial charge in [0.2, 0.25) is 0 Å². The topological polar surface area (TPSA) is 0 Å². The van der Waals surface area contributed by atoms with Gasteiger partial charge in [-0.2, -0.15) is 11.6 Å². The number of benzene rings is 4. The van der Waals surface area contributed by atoms with E-state index in [1.807, 2.05) is 12.1 Å². The van der Waals surface area contributed by atoms with Crippen LogP contribution in [0.2, 0.25) is 0 Å². The van der Waals surface area contributed by atoms with Crippen molar-refractivity contribution in [3.63, 3.8) is 0 Å². The number of hydrogen-bond donors (Lipinski definition) is 0. The molecular formula is C44H50Ti. The minimum atomic E-state index is 0.203. The van der Waals surface area contributed by atoms with E-state index in [1.54, 1.807) is 0 Å². The van der Waals surface area contributed by atoms with Crippen molar-refractivity contribution in [3.05, 3.63) is 149 Å². The molecule has 0 N–H and O–H groups in total. The molecule has 1 aliphatic rings. The zero-order chi connectivity index (χ0) is 33.0. The molecule has 1 unspecified atom stereocenters. The van der Waals surface area contributed by atoms with E-state index >= 15 is 0 Å². The van der Waals surface area contributed by atoms with Crippen LogP contribution in [0.15, 0.2) is 121 Å². The summed E-state index contributed by atoms with van der Waals surface area (Å²) < 4.78 is 1.33. The van der Waals surface area contributed by atoms with Crippen molar-refractivity contribution in [2.45, 2.75) is 80.1 Å². The van der Waals surface area contributed by atoms with Crippen molar-refractivity contribution < 1.29 is 20.0 Å². The van der Waals surface area contributed by atoms with Gasteiger partial charge in [-0.3, -0.25) is 6.08 Å². The average molecular weight is 627 g/mol. The molecule has 1 aliphatic carbocycles. The Labute approximate surface area is 284 Å². The first kappa shape index (κ1) is 34.7. The molecule has 0 aromatic heterocycles. The van der Waals surface area contributed by atoms with Crippen molar-refractivity contribution in [3.8, 4) is 0 Å². The van der Waals surface area contributed by atoms with Crippen LogP contribution >= 0.6 is 0 Å². The minimum absolute atomic E-state index is 0.203. The van der Waals surface area contributed by atoms with E-state index < -0.39 is 0 Å². The van der Waals surface area contributed by atoms with Crippen LogP contribution in [-0.4, -0.2) is 3.81 Å². The Morgan fingerprint density at radius 1 is 0.600 bits per heavy atom. The predicted octanol–water partition coefficient (Wildman–Crippen LogP) is 12.1. The second-order valence-electron chi connectivity index (χ2n) is 15.3. The predicted molar refractivity (Wildman–Crippen MR) is 195 cm³/mol. The van der Waals surface area contributed by atoms with Gasteiger partial charge in [0.05, 0.1) is 0 Å². The molecule has 0 aliphatic heterocycles. The van der Waals surface area contributed by atoms with E-state index in [0.29, 0.717) is 11.3 Å². The Morgan fingerprint density at radius 2 is 1.02 bits per heavy atom. The molecule has 0 amide bonds. The van der Waals surface area contributed by atoms with Crippen LogP contribution in [0.5, 0.6) is 0 Å². The van der Waals surface area contributed by atoms with Crippen molar-refractivity contribution in [1.82, 2.24) is 0 Å². The van der Waals surface area contributed by atoms with Gasteiger partial charge in [0.25, 0.3) is 0 Å². The third-order valence-corrected chi connectivity index (χ3v) is 9.26. The first-order valence-electron chi connectivity index (χ1n) is 16.2. The number of hydrogen-bond acceptors (Lipinski definition) is 0. The monoisotopic (exact) mass is 626 g/mol. The van der Waals surface area contributed by atoms with Gasteiger partial charge >= 0.3 is 95.6 Å². The normalized spacial score (nSPS) is 14.8. The quantitative estimate of drug-likeness (QED) is 0.135. The summed E-state index contributed by atoms with van der Waals surface area (Å²) in [5, 5.41) is 5.48. The summed E-state index contributed by atoms with van der Waals surface area (Å²) in [6.07, 6.45) is 7.65.